The second-order valence-corrected chi connectivity index (χ2v) is 5.30. The van der Waals surface area contributed by atoms with E-state index in [0.717, 1.165) is 31.7 Å². The summed E-state index contributed by atoms with van der Waals surface area (Å²) in [7, 11) is 0. The maximum absolute atomic E-state index is 5.96. The molecule has 1 aliphatic heterocycles. The molecule has 20 heavy (non-hydrogen) atoms. The Morgan fingerprint density at radius 1 is 1.30 bits per heavy atom. The van der Waals surface area contributed by atoms with Gasteiger partial charge in [-0.15, -0.1) is 12.4 Å². The van der Waals surface area contributed by atoms with E-state index in [1.54, 1.807) is 0 Å². The van der Waals surface area contributed by atoms with Crippen molar-refractivity contribution in [2.45, 2.75) is 25.9 Å². The fourth-order valence-corrected chi connectivity index (χ4v) is 2.70. The zero-order valence-corrected chi connectivity index (χ0v) is 12.5. The molecule has 1 aromatic heterocycles. The number of nitrogens with zero attached hydrogens (tertiary/aromatic N) is 3. The normalized spacial score (nSPS) is 19.0. The van der Waals surface area contributed by atoms with Gasteiger partial charge >= 0.3 is 0 Å². The minimum atomic E-state index is 0. The summed E-state index contributed by atoms with van der Waals surface area (Å²) < 4.78 is 2.04. The molecule has 0 bridgehead atoms. The topological polar surface area (TPSA) is 47.1 Å². The van der Waals surface area contributed by atoms with Gasteiger partial charge in [-0.05, 0) is 31.0 Å². The van der Waals surface area contributed by atoms with Gasteiger partial charge in [0.15, 0.2) is 0 Å². The predicted octanol–water partition coefficient (Wildman–Crippen LogP) is 2.14. The van der Waals surface area contributed by atoms with Crippen molar-refractivity contribution in [2.24, 2.45) is 5.73 Å². The Bertz CT molecular complexity index is 567. The van der Waals surface area contributed by atoms with Crippen LogP contribution in [0.4, 0.5) is 0 Å². The molecule has 1 aliphatic rings. The Balaban J connectivity index is 0.00000147. The van der Waals surface area contributed by atoms with Crippen LogP contribution in [0.15, 0.2) is 36.5 Å². The van der Waals surface area contributed by atoms with Crippen LogP contribution in [-0.4, -0.2) is 33.8 Å². The van der Waals surface area contributed by atoms with Gasteiger partial charge < -0.3 is 5.73 Å². The van der Waals surface area contributed by atoms with E-state index in [2.05, 4.69) is 47.3 Å². The van der Waals surface area contributed by atoms with Crippen LogP contribution in [0.2, 0.25) is 0 Å². The molecule has 0 aliphatic carbocycles. The number of aromatic nitrogens is 2. The summed E-state index contributed by atoms with van der Waals surface area (Å²) in [5, 5.41) is 4.47. The highest BCUT2D eigenvalue weighted by Crippen LogP contribution is 2.18. The van der Waals surface area contributed by atoms with Crippen molar-refractivity contribution in [1.29, 1.82) is 0 Å². The minimum Gasteiger partial charge on any atom is -0.326 e. The van der Waals surface area contributed by atoms with Gasteiger partial charge in [-0.25, -0.2) is 4.68 Å². The van der Waals surface area contributed by atoms with E-state index in [-0.39, 0.29) is 12.4 Å². The minimum absolute atomic E-state index is 0. The van der Waals surface area contributed by atoms with Gasteiger partial charge in [0.05, 0.1) is 11.4 Å². The molecule has 2 heterocycles. The average Bonchev–Trinajstić information content (AvgIpc) is 3.00. The zero-order valence-electron chi connectivity index (χ0n) is 11.7. The fraction of sp³-hybridized carbons (Fsp3) is 0.400. The first-order chi connectivity index (χ1) is 9.24. The first-order valence-electron chi connectivity index (χ1n) is 6.81. The van der Waals surface area contributed by atoms with E-state index in [1.807, 2.05) is 10.9 Å². The van der Waals surface area contributed by atoms with Crippen LogP contribution in [0.1, 0.15) is 17.7 Å². The number of hydrogen-bond donors (Lipinski definition) is 1. The quantitative estimate of drug-likeness (QED) is 0.943. The molecular formula is C15H21ClN4. The summed E-state index contributed by atoms with van der Waals surface area (Å²) in [5.41, 5.74) is 9.59. The van der Waals surface area contributed by atoms with E-state index in [4.69, 9.17) is 5.73 Å². The lowest BCUT2D eigenvalue weighted by Gasteiger charge is -2.17. The van der Waals surface area contributed by atoms with E-state index >= 15 is 0 Å². The molecule has 1 fully saturated rings. The zero-order chi connectivity index (χ0) is 13.2. The molecule has 2 aromatic rings. The van der Waals surface area contributed by atoms with E-state index in [0.29, 0.717) is 6.04 Å². The fourth-order valence-electron chi connectivity index (χ4n) is 2.70. The van der Waals surface area contributed by atoms with Crippen molar-refractivity contribution in [1.82, 2.24) is 14.7 Å². The lowest BCUT2D eigenvalue weighted by atomic mass is 10.2. The number of halogens is 1. The van der Waals surface area contributed by atoms with Gasteiger partial charge in [-0.1, -0.05) is 18.2 Å². The van der Waals surface area contributed by atoms with Gasteiger partial charge in [-0.3, -0.25) is 4.90 Å². The standard InChI is InChI=1S/C15H20N4.ClH/c1-12-4-2-3-5-15(12)19-14(6-8-17-19)11-18-9-7-13(16)10-18;/h2-6,8,13H,7,9-11,16H2,1H3;1H. The van der Waals surface area contributed by atoms with Gasteiger partial charge in [-0.2, -0.15) is 5.10 Å². The molecule has 0 spiro atoms. The van der Waals surface area contributed by atoms with Crippen LogP contribution in [-0.2, 0) is 6.54 Å². The van der Waals surface area contributed by atoms with Crippen molar-refractivity contribution < 1.29 is 0 Å². The lowest BCUT2D eigenvalue weighted by Crippen LogP contribution is -2.27. The van der Waals surface area contributed by atoms with Crippen LogP contribution in [0.3, 0.4) is 0 Å². The number of nitrogens with two attached hydrogens (primary N) is 1. The average molecular weight is 293 g/mol. The van der Waals surface area contributed by atoms with Crippen molar-refractivity contribution in [3.05, 3.63) is 47.8 Å². The SMILES string of the molecule is Cc1ccccc1-n1nccc1CN1CCC(N)C1.Cl. The van der Waals surface area contributed by atoms with Crippen LogP contribution in [0.5, 0.6) is 0 Å². The Hall–Kier alpha value is -1.36. The third kappa shape index (κ3) is 3.03. The Kier molecular flexibility index (Phi) is 4.81. The lowest BCUT2D eigenvalue weighted by molar-refractivity contribution is 0.319. The van der Waals surface area contributed by atoms with Crippen molar-refractivity contribution in [3.63, 3.8) is 0 Å². The number of aryl methyl sites for hydroxylation is 1. The molecule has 3 rings (SSSR count). The van der Waals surface area contributed by atoms with Crippen molar-refractivity contribution in [2.75, 3.05) is 13.1 Å². The third-order valence-electron chi connectivity index (χ3n) is 3.76. The van der Waals surface area contributed by atoms with Crippen LogP contribution in [0, 0.1) is 6.92 Å². The highest BCUT2D eigenvalue weighted by Gasteiger charge is 2.20. The summed E-state index contributed by atoms with van der Waals surface area (Å²) in [6.07, 6.45) is 2.97. The van der Waals surface area contributed by atoms with Crippen molar-refractivity contribution in [3.8, 4) is 5.69 Å². The third-order valence-corrected chi connectivity index (χ3v) is 3.76. The predicted molar refractivity (Wildman–Crippen MR) is 83.4 cm³/mol. The summed E-state index contributed by atoms with van der Waals surface area (Å²) in [6.45, 7) is 5.10. The number of hydrogen-bond acceptors (Lipinski definition) is 3. The molecule has 1 atom stereocenters. The number of rotatable bonds is 3. The summed E-state index contributed by atoms with van der Waals surface area (Å²) in [4.78, 5) is 2.40. The molecule has 0 radical (unpaired) electrons. The van der Waals surface area contributed by atoms with Crippen LogP contribution >= 0.6 is 12.4 Å². The second-order valence-electron chi connectivity index (χ2n) is 5.30. The molecule has 0 saturated carbocycles. The summed E-state index contributed by atoms with van der Waals surface area (Å²) >= 11 is 0. The largest absolute Gasteiger partial charge is 0.326 e. The molecule has 2 N–H and O–H groups in total. The first kappa shape index (κ1) is 15.0. The highest BCUT2D eigenvalue weighted by atomic mass is 35.5. The van der Waals surface area contributed by atoms with Gasteiger partial charge in [0.25, 0.3) is 0 Å². The molecule has 4 nitrogen and oxygen atoms in total. The Morgan fingerprint density at radius 3 is 2.80 bits per heavy atom. The van der Waals surface area contributed by atoms with Crippen molar-refractivity contribution >= 4 is 12.4 Å². The number of para-hydroxylation sites is 1. The number of likely N-dealkylation sites (tertiary alicyclic amines) is 1. The summed E-state index contributed by atoms with van der Waals surface area (Å²) in [5.74, 6) is 0. The first-order valence-corrected chi connectivity index (χ1v) is 6.81. The van der Waals surface area contributed by atoms with Gasteiger partial charge in [0, 0.05) is 31.9 Å². The molecule has 1 saturated heterocycles. The maximum Gasteiger partial charge on any atom is 0.0678 e. The summed E-state index contributed by atoms with van der Waals surface area (Å²) in [6, 6.07) is 10.8. The molecule has 0 amide bonds. The smallest absolute Gasteiger partial charge is 0.0678 e. The van der Waals surface area contributed by atoms with Crippen LogP contribution < -0.4 is 5.73 Å². The molecule has 1 unspecified atom stereocenters. The van der Waals surface area contributed by atoms with E-state index in [1.165, 1.54) is 11.3 Å². The molecule has 5 heteroatoms. The monoisotopic (exact) mass is 292 g/mol. The Morgan fingerprint density at radius 2 is 2.10 bits per heavy atom. The van der Waals surface area contributed by atoms with Gasteiger partial charge in [0.2, 0.25) is 0 Å². The van der Waals surface area contributed by atoms with E-state index < -0.39 is 0 Å². The van der Waals surface area contributed by atoms with Crippen LogP contribution in [0.25, 0.3) is 5.69 Å². The maximum atomic E-state index is 5.96. The molecular weight excluding hydrogens is 272 g/mol. The highest BCUT2D eigenvalue weighted by molar-refractivity contribution is 5.85. The Labute approximate surface area is 126 Å². The van der Waals surface area contributed by atoms with Gasteiger partial charge in [0.1, 0.15) is 0 Å². The molecule has 1 aromatic carbocycles. The van der Waals surface area contributed by atoms with E-state index in [9.17, 15) is 0 Å². The molecule has 108 valence electrons. The second kappa shape index (κ2) is 6.39. The number of benzene rings is 1.